The Labute approximate surface area is 152 Å². The minimum atomic E-state index is -0.302. The first-order valence-electron chi connectivity index (χ1n) is 8.12. The third-order valence-corrected chi connectivity index (χ3v) is 4.74. The van der Waals surface area contributed by atoms with E-state index in [2.05, 4.69) is 0 Å². The van der Waals surface area contributed by atoms with Crippen LogP contribution in [-0.2, 0) is 16.1 Å². The molecule has 0 N–H and O–H groups in total. The van der Waals surface area contributed by atoms with Crippen LogP contribution in [0.3, 0.4) is 0 Å². The largest absolute Gasteiger partial charge is 0.493 e. The van der Waals surface area contributed by atoms with E-state index in [9.17, 15) is 9.59 Å². The predicted octanol–water partition coefficient (Wildman–Crippen LogP) is 4.43. The van der Waals surface area contributed by atoms with Crippen molar-refractivity contribution in [3.63, 3.8) is 0 Å². The molecule has 0 aliphatic carbocycles. The summed E-state index contributed by atoms with van der Waals surface area (Å²) in [4.78, 5) is 24.6. The summed E-state index contributed by atoms with van der Waals surface area (Å²) in [5.41, 5.74) is 2.40. The van der Waals surface area contributed by atoms with Crippen LogP contribution in [0.1, 0.15) is 35.3 Å². The van der Waals surface area contributed by atoms with Gasteiger partial charge in [0.2, 0.25) is 0 Å². The number of carbonyl (C=O) groups is 2. The minimum Gasteiger partial charge on any atom is -0.493 e. The van der Waals surface area contributed by atoms with Crippen molar-refractivity contribution in [1.29, 1.82) is 0 Å². The molecule has 132 valence electrons. The van der Waals surface area contributed by atoms with Crippen LogP contribution in [-0.4, -0.2) is 24.1 Å². The molecular formula is C20H22O4S. The molecule has 0 aromatic heterocycles. The molecule has 0 spiro atoms. The first-order chi connectivity index (χ1) is 12.0. The molecule has 2 rings (SSSR count). The minimum absolute atomic E-state index is 0.0364. The van der Waals surface area contributed by atoms with Crippen molar-refractivity contribution in [3.8, 4) is 5.75 Å². The maximum absolute atomic E-state index is 12.0. The zero-order chi connectivity index (χ0) is 18.2. The number of hydrogen-bond donors (Lipinski definition) is 0. The van der Waals surface area contributed by atoms with E-state index in [1.807, 2.05) is 38.1 Å². The fourth-order valence-electron chi connectivity index (χ4n) is 2.26. The number of thioether (sulfide) groups is 1. The van der Waals surface area contributed by atoms with Crippen LogP contribution in [0.5, 0.6) is 5.75 Å². The summed E-state index contributed by atoms with van der Waals surface area (Å²) in [5.74, 6) is 0.530. The second-order valence-corrected chi connectivity index (χ2v) is 6.54. The lowest BCUT2D eigenvalue weighted by molar-refractivity contribution is -0.141. The topological polar surface area (TPSA) is 52.6 Å². The van der Waals surface area contributed by atoms with Gasteiger partial charge in [-0.2, -0.15) is 0 Å². The van der Waals surface area contributed by atoms with Gasteiger partial charge in [-0.3, -0.25) is 9.59 Å². The lowest BCUT2D eigenvalue weighted by Gasteiger charge is -2.12. The van der Waals surface area contributed by atoms with E-state index in [1.54, 1.807) is 18.2 Å². The monoisotopic (exact) mass is 358 g/mol. The zero-order valence-corrected chi connectivity index (χ0v) is 15.5. The van der Waals surface area contributed by atoms with Gasteiger partial charge in [-0.1, -0.05) is 18.2 Å². The van der Waals surface area contributed by atoms with E-state index < -0.39 is 0 Å². The molecule has 0 aliphatic heterocycles. The Morgan fingerprint density at radius 3 is 2.56 bits per heavy atom. The average molecular weight is 358 g/mol. The number of esters is 1. The van der Waals surface area contributed by atoms with Gasteiger partial charge in [0, 0.05) is 16.0 Å². The molecule has 25 heavy (non-hydrogen) atoms. The molecule has 5 heteroatoms. The van der Waals surface area contributed by atoms with Gasteiger partial charge in [-0.25, -0.2) is 0 Å². The Morgan fingerprint density at radius 1 is 1.12 bits per heavy atom. The zero-order valence-electron chi connectivity index (χ0n) is 14.7. The predicted molar refractivity (Wildman–Crippen MR) is 99.3 cm³/mol. The van der Waals surface area contributed by atoms with Gasteiger partial charge in [0.25, 0.3) is 0 Å². The van der Waals surface area contributed by atoms with E-state index in [4.69, 9.17) is 9.47 Å². The summed E-state index contributed by atoms with van der Waals surface area (Å²) in [6, 6.07) is 13.1. The van der Waals surface area contributed by atoms with Gasteiger partial charge >= 0.3 is 5.97 Å². The Hall–Kier alpha value is -2.27. The molecule has 2 aromatic carbocycles. The first-order valence-corrected chi connectivity index (χ1v) is 9.10. The van der Waals surface area contributed by atoms with E-state index >= 15 is 0 Å². The average Bonchev–Trinajstić information content (AvgIpc) is 2.60. The van der Waals surface area contributed by atoms with Gasteiger partial charge in [0.15, 0.2) is 5.78 Å². The smallest absolute Gasteiger partial charge is 0.316 e. The molecule has 0 heterocycles. The summed E-state index contributed by atoms with van der Waals surface area (Å²) < 4.78 is 10.9. The SMILES string of the molecule is CCOc1ccc(C(C)=O)cc1COC(=O)CSc1ccccc1C. The third kappa shape index (κ3) is 5.64. The molecule has 0 amide bonds. The molecule has 2 aromatic rings. The summed E-state index contributed by atoms with van der Waals surface area (Å²) in [7, 11) is 0. The molecule has 0 fully saturated rings. The van der Waals surface area contributed by atoms with Gasteiger partial charge in [0.05, 0.1) is 12.4 Å². The normalized spacial score (nSPS) is 10.4. The van der Waals surface area contributed by atoms with Crippen LogP contribution in [0.15, 0.2) is 47.4 Å². The van der Waals surface area contributed by atoms with Crippen molar-refractivity contribution in [2.24, 2.45) is 0 Å². The highest BCUT2D eigenvalue weighted by Crippen LogP contribution is 2.24. The first kappa shape index (κ1) is 19.1. The number of ether oxygens (including phenoxy) is 2. The van der Waals surface area contributed by atoms with Crippen molar-refractivity contribution in [2.75, 3.05) is 12.4 Å². The van der Waals surface area contributed by atoms with Crippen molar-refractivity contribution in [2.45, 2.75) is 32.3 Å². The van der Waals surface area contributed by atoms with E-state index in [0.717, 1.165) is 10.5 Å². The van der Waals surface area contributed by atoms with Gasteiger partial charge in [-0.05, 0) is 50.6 Å². The van der Waals surface area contributed by atoms with Crippen LogP contribution >= 0.6 is 11.8 Å². The molecule has 4 nitrogen and oxygen atoms in total. The summed E-state index contributed by atoms with van der Waals surface area (Å²) >= 11 is 1.45. The molecule has 0 saturated heterocycles. The van der Waals surface area contributed by atoms with Crippen molar-refractivity contribution < 1.29 is 19.1 Å². The lowest BCUT2D eigenvalue weighted by Crippen LogP contribution is -2.09. The number of Topliss-reactive ketones (excluding diaryl/α,β-unsaturated/α-hetero) is 1. The third-order valence-electron chi connectivity index (χ3n) is 3.59. The highest BCUT2D eigenvalue weighted by atomic mass is 32.2. The fourth-order valence-corrected chi connectivity index (χ4v) is 3.09. The van der Waals surface area contributed by atoms with Crippen molar-refractivity contribution >= 4 is 23.5 Å². The number of ketones is 1. The second-order valence-electron chi connectivity index (χ2n) is 5.53. The summed E-state index contributed by atoms with van der Waals surface area (Å²) in [6.45, 7) is 5.99. The van der Waals surface area contributed by atoms with Crippen LogP contribution in [0, 0.1) is 6.92 Å². The Balaban J connectivity index is 1.97. The molecule has 0 unspecified atom stereocenters. The van der Waals surface area contributed by atoms with Crippen LogP contribution in [0.2, 0.25) is 0 Å². The quantitative estimate of drug-likeness (QED) is 0.397. The molecule has 0 bridgehead atoms. The summed E-state index contributed by atoms with van der Waals surface area (Å²) in [6.07, 6.45) is 0. The maximum atomic E-state index is 12.0. The van der Waals surface area contributed by atoms with E-state index in [0.29, 0.717) is 23.5 Å². The van der Waals surface area contributed by atoms with Crippen molar-refractivity contribution in [3.05, 3.63) is 59.2 Å². The maximum Gasteiger partial charge on any atom is 0.316 e. The highest BCUT2D eigenvalue weighted by Gasteiger charge is 2.11. The molecule has 0 saturated carbocycles. The number of aryl methyl sites for hydroxylation is 1. The second kappa shape index (κ2) is 9.28. The lowest BCUT2D eigenvalue weighted by atomic mass is 10.1. The van der Waals surface area contributed by atoms with Crippen LogP contribution in [0.25, 0.3) is 0 Å². The van der Waals surface area contributed by atoms with Crippen LogP contribution in [0.4, 0.5) is 0 Å². The summed E-state index contributed by atoms with van der Waals surface area (Å²) in [5, 5.41) is 0. The number of hydrogen-bond acceptors (Lipinski definition) is 5. The van der Waals surface area contributed by atoms with Gasteiger partial charge < -0.3 is 9.47 Å². The number of carbonyl (C=O) groups excluding carboxylic acids is 2. The van der Waals surface area contributed by atoms with Crippen LogP contribution < -0.4 is 4.74 Å². The van der Waals surface area contributed by atoms with Crippen molar-refractivity contribution in [1.82, 2.24) is 0 Å². The highest BCUT2D eigenvalue weighted by molar-refractivity contribution is 8.00. The number of rotatable bonds is 8. The molecular weight excluding hydrogens is 336 g/mol. The standard InChI is InChI=1S/C20H22O4S/c1-4-23-18-10-9-16(15(3)21)11-17(18)12-24-20(22)13-25-19-8-6-5-7-14(19)2/h5-11H,4,12-13H2,1-3H3. The Bertz CT molecular complexity index is 755. The molecule has 0 atom stereocenters. The van der Waals surface area contributed by atoms with E-state index in [-0.39, 0.29) is 24.1 Å². The Morgan fingerprint density at radius 2 is 1.88 bits per heavy atom. The number of benzene rings is 2. The van der Waals surface area contributed by atoms with Gasteiger partial charge in [0.1, 0.15) is 12.4 Å². The molecule has 0 radical (unpaired) electrons. The van der Waals surface area contributed by atoms with E-state index in [1.165, 1.54) is 18.7 Å². The Kier molecular flexibility index (Phi) is 7.07. The molecule has 0 aliphatic rings. The van der Waals surface area contributed by atoms with Gasteiger partial charge in [-0.15, -0.1) is 11.8 Å². The fraction of sp³-hybridized carbons (Fsp3) is 0.300.